The molecule has 2 aromatic heterocycles. The zero-order valence-electron chi connectivity index (χ0n) is 9.21. The number of primary amides is 1. The summed E-state index contributed by atoms with van der Waals surface area (Å²) in [5, 5.41) is 4.03. The first-order valence-corrected chi connectivity index (χ1v) is 5.18. The molecule has 0 unspecified atom stereocenters. The number of nitrogens with zero attached hydrogens (tertiary/aromatic N) is 3. The van der Waals surface area contributed by atoms with Crippen molar-refractivity contribution in [1.29, 1.82) is 0 Å². The van der Waals surface area contributed by atoms with Crippen LogP contribution in [0.25, 0.3) is 0 Å². The van der Waals surface area contributed by atoms with E-state index in [0.29, 0.717) is 12.2 Å². The summed E-state index contributed by atoms with van der Waals surface area (Å²) < 4.78 is 1.62. The summed E-state index contributed by atoms with van der Waals surface area (Å²) in [7, 11) is 0. The third kappa shape index (κ3) is 2.60. The lowest BCUT2D eigenvalue weighted by atomic mass is 10.2. The van der Waals surface area contributed by atoms with Crippen LogP contribution < -0.4 is 11.5 Å². The van der Waals surface area contributed by atoms with Crippen molar-refractivity contribution in [2.45, 2.75) is 13.0 Å². The number of aryl methyl sites for hydroxylation is 2. The molecule has 0 aliphatic rings. The van der Waals surface area contributed by atoms with Crippen molar-refractivity contribution in [1.82, 2.24) is 14.8 Å². The fourth-order valence-corrected chi connectivity index (χ4v) is 1.54. The Morgan fingerprint density at radius 3 is 2.65 bits per heavy atom. The van der Waals surface area contributed by atoms with Gasteiger partial charge in [-0.3, -0.25) is 14.5 Å². The molecule has 6 heteroatoms. The molecule has 17 heavy (non-hydrogen) atoms. The van der Waals surface area contributed by atoms with Crippen LogP contribution in [-0.2, 0) is 13.0 Å². The molecule has 6 nitrogen and oxygen atoms in total. The summed E-state index contributed by atoms with van der Waals surface area (Å²) in [5.74, 6) is -0.606. The third-order valence-corrected chi connectivity index (χ3v) is 2.40. The number of amides is 1. The van der Waals surface area contributed by atoms with Gasteiger partial charge in [0.1, 0.15) is 0 Å². The van der Waals surface area contributed by atoms with Gasteiger partial charge in [-0.15, -0.1) is 0 Å². The minimum Gasteiger partial charge on any atom is -0.396 e. The van der Waals surface area contributed by atoms with Gasteiger partial charge in [0.25, 0.3) is 5.91 Å². The van der Waals surface area contributed by atoms with Crippen molar-refractivity contribution in [3.8, 4) is 0 Å². The predicted molar refractivity (Wildman–Crippen MR) is 63.1 cm³/mol. The number of hydrogen-bond donors (Lipinski definition) is 2. The topological polar surface area (TPSA) is 99.8 Å². The van der Waals surface area contributed by atoms with Gasteiger partial charge in [0.15, 0.2) is 5.69 Å². The van der Waals surface area contributed by atoms with Gasteiger partial charge in [0, 0.05) is 25.1 Å². The molecule has 0 bridgehead atoms. The minimum absolute atomic E-state index is 0.125. The molecule has 0 spiro atoms. The fourth-order valence-electron chi connectivity index (χ4n) is 1.54. The highest BCUT2D eigenvalue weighted by molar-refractivity contribution is 5.95. The molecular formula is C11H13N5O. The maximum absolute atomic E-state index is 11.0. The number of rotatable bonds is 4. The zero-order valence-corrected chi connectivity index (χ0v) is 9.21. The van der Waals surface area contributed by atoms with Crippen LogP contribution >= 0.6 is 0 Å². The molecule has 4 N–H and O–H groups in total. The Kier molecular flexibility index (Phi) is 3.04. The largest absolute Gasteiger partial charge is 0.396 e. The number of carbonyl (C=O) groups is 1. The van der Waals surface area contributed by atoms with E-state index in [1.807, 2.05) is 12.1 Å². The quantitative estimate of drug-likeness (QED) is 0.785. The number of carbonyl (C=O) groups excluding carboxylic acids is 1. The second-order valence-electron chi connectivity index (χ2n) is 3.67. The Labute approximate surface area is 98.3 Å². The van der Waals surface area contributed by atoms with Crippen molar-refractivity contribution in [2.24, 2.45) is 5.73 Å². The van der Waals surface area contributed by atoms with Crippen molar-refractivity contribution in [3.05, 3.63) is 42.0 Å². The molecule has 0 saturated carbocycles. The summed E-state index contributed by atoms with van der Waals surface area (Å²) in [6.07, 6.45) is 5.88. The normalized spacial score (nSPS) is 10.4. The molecule has 88 valence electrons. The van der Waals surface area contributed by atoms with E-state index in [4.69, 9.17) is 11.5 Å². The van der Waals surface area contributed by atoms with Gasteiger partial charge in [-0.05, 0) is 24.1 Å². The lowest BCUT2D eigenvalue weighted by molar-refractivity contribution is 0.0995. The Morgan fingerprint density at radius 1 is 1.35 bits per heavy atom. The first kappa shape index (κ1) is 11.1. The molecular weight excluding hydrogens is 218 g/mol. The van der Waals surface area contributed by atoms with E-state index in [2.05, 4.69) is 10.1 Å². The van der Waals surface area contributed by atoms with Crippen LogP contribution in [0.5, 0.6) is 0 Å². The van der Waals surface area contributed by atoms with Crippen LogP contribution in [0.1, 0.15) is 16.1 Å². The minimum atomic E-state index is -0.606. The smallest absolute Gasteiger partial charge is 0.271 e. The Balaban J connectivity index is 2.05. The van der Waals surface area contributed by atoms with Crippen molar-refractivity contribution < 1.29 is 4.79 Å². The number of anilines is 1. The average Bonchev–Trinajstić information content (AvgIpc) is 2.69. The van der Waals surface area contributed by atoms with E-state index < -0.39 is 5.91 Å². The molecule has 0 radical (unpaired) electrons. The van der Waals surface area contributed by atoms with Crippen molar-refractivity contribution in [2.75, 3.05) is 5.73 Å². The molecule has 0 saturated heterocycles. The Bertz CT molecular complexity index is 520. The highest BCUT2D eigenvalue weighted by atomic mass is 16.1. The number of nitrogens with two attached hydrogens (primary N) is 2. The molecule has 0 atom stereocenters. The highest BCUT2D eigenvalue weighted by Crippen LogP contribution is 2.09. The van der Waals surface area contributed by atoms with Gasteiger partial charge in [0.2, 0.25) is 0 Å². The maximum Gasteiger partial charge on any atom is 0.271 e. The number of hydrogen-bond acceptors (Lipinski definition) is 4. The molecule has 0 aromatic carbocycles. The molecule has 2 rings (SSSR count). The van der Waals surface area contributed by atoms with Crippen molar-refractivity contribution >= 4 is 11.6 Å². The van der Waals surface area contributed by atoms with Gasteiger partial charge in [-0.1, -0.05) is 0 Å². The zero-order chi connectivity index (χ0) is 12.3. The van der Waals surface area contributed by atoms with E-state index in [0.717, 1.165) is 12.0 Å². The van der Waals surface area contributed by atoms with Gasteiger partial charge in [-0.2, -0.15) is 5.10 Å². The van der Waals surface area contributed by atoms with E-state index >= 15 is 0 Å². The first-order valence-electron chi connectivity index (χ1n) is 5.18. The maximum atomic E-state index is 11.0. The van der Waals surface area contributed by atoms with Gasteiger partial charge >= 0.3 is 0 Å². The Morgan fingerprint density at radius 2 is 2.06 bits per heavy atom. The van der Waals surface area contributed by atoms with Crippen LogP contribution in [0.2, 0.25) is 0 Å². The lowest BCUT2D eigenvalue weighted by Gasteiger charge is -2.00. The van der Waals surface area contributed by atoms with Crippen LogP contribution in [0.15, 0.2) is 30.7 Å². The Hall–Kier alpha value is -2.37. The van der Waals surface area contributed by atoms with Gasteiger partial charge in [-0.25, -0.2) is 0 Å². The molecule has 0 fully saturated rings. The van der Waals surface area contributed by atoms with E-state index in [9.17, 15) is 4.79 Å². The second-order valence-corrected chi connectivity index (χ2v) is 3.67. The summed E-state index contributed by atoms with van der Waals surface area (Å²) in [6, 6.07) is 3.86. The summed E-state index contributed by atoms with van der Waals surface area (Å²) >= 11 is 0. The standard InChI is InChI=1S/C11H13N5O/c12-9-7-16(15-10(9)11(13)17)6-3-8-1-4-14-5-2-8/h1-2,4-5,7H,3,6,12H2,(H2,13,17). The van der Waals surface area contributed by atoms with E-state index in [-0.39, 0.29) is 5.69 Å². The fraction of sp³-hybridized carbons (Fsp3) is 0.182. The number of aromatic nitrogens is 3. The lowest BCUT2D eigenvalue weighted by Crippen LogP contribution is -2.14. The third-order valence-electron chi connectivity index (χ3n) is 2.40. The molecule has 2 aromatic rings. The summed E-state index contributed by atoms with van der Waals surface area (Å²) in [4.78, 5) is 14.9. The van der Waals surface area contributed by atoms with Crippen molar-refractivity contribution in [3.63, 3.8) is 0 Å². The van der Waals surface area contributed by atoms with Crippen LogP contribution in [0.4, 0.5) is 5.69 Å². The number of nitrogen functional groups attached to an aromatic ring is 1. The highest BCUT2D eigenvalue weighted by Gasteiger charge is 2.10. The predicted octanol–water partition coefficient (Wildman–Crippen LogP) is 0.202. The van der Waals surface area contributed by atoms with E-state index in [1.54, 1.807) is 23.3 Å². The van der Waals surface area contributed by atoms with Crippen LogP contribution in [0, 0.1) is 0 Å². The van der Waals surface area contributed by atoms with Crippen LogP contribution in [-0.4, -0.2) is 20.7 Å². The van der Waals surface area contributed by atoms with Gasteiger partial charge in [0.05, 0.1) is 5.69 Å². The first-order chi connectivity index (χ1) is 8.16. The monoisotopic (exact) mass is 231 g/mol. The number of pyridine rings is 1. The molecule has 1 amide bonds. The molecule has 0 aliphatic carbocycles. The van der Waals surface area contributed by atoms with Crippen LogP contribution in [0.3, 0.4) is 0 Å². The summed E-state index contributed by atoms with van der Waals surface area (Å²) in [5.41, 5.74) is 12.3. The van der Waals surface area contributed by atoms with Gasteiger partial charge < -0.3 is 11.5 Å². The molecule has 2 heterocycles. The SMILES string of the molecule is NC(=O)c1nn(CCc2ccncc2)cc1N. The summed E-state index contributed by atoms with van der Waals surface area (Å²) in [6.45, 7) is 0.640. The average molecular weight is 231 g/mol. The molecule has 0 aliphatic heterocycles. The van der Waals surface area contributed by atoms with E-state index in [1.165, 1.54) is 0 Å². The second kappa shape index (κ2) is 4.65.